The molecule has 0 radical (unpaired) electrons. The number of nitrogens with one attached hydrogen (secondary N) is 2. The summed E-state index contributed by atoms with van der Waals surface area (Å²) < 4.78 is 5.36. The Labute approximate surface area is 156 Å². The van der Waals surface area contributed by atoms with Gasteiger partial charge in [-0.05, 0) is 41.5 Å². The van der Waals surface area contributed by atoms with Crippen LogP contribution in [0.4, 0.5) is 4.79 Å². The van der Waals surface area contributed by atoms with E-state index in [0.29, 0.717) is 12.1 Å². The van der Waals surface area contributed by atoms with Crippen molar-refractivity contribution in [2.75, 3.05) is 6.54 Å². The van der Waals surface area contributed by atoms with Crippen LogP contribution in [0.3, 0.4) is 0 Å². The van der Waals surface area contributed by atoms with Gasteiger partial charge in [-0.1, -0.05) is 48.5 Å². The highest BCUT2D eigenvalue weighted by atomic mass is 16.5. The Kier molecular flexibility index (Phi) is 5.35. The van der Waals surface area contributed by atoms with Gasteiger partial charge >= 0.3 is 12.0 Å². The van der Waals surface area contributed by atoms with Crippen molar-refractivity contribution in [1.29, 1.82) is 0 Å². The first kappa shape index (κ1) is 18.4. The Morgan fingerprint density at radius 2 is 1.52 bits per heavy atom. The van der Waals surface area contributed by atoms with Crippen LogP contribution in [-0.2, 0) is 9.53 Å². The molecule has 27 heavy (non-hydrogen) atoms. The van der Waals surface area contributed by atoms with Crippen molar-refractivity contribution in [1.82, 2.24) is 10.6 Å². The van der Waals surface area contributed by atoms with Gasteiger partial charge in [0.1, 0.15) is 0 Å². The third kappa shape index (κ3) is 3.89. The zero-order valence-electron chi connectivity index (χ0n) is 15.1. The summed E-state index contributed by atoms with van der Waals surface area (Å²) >= 11 is 0. The third-order valence-electron chi connectivity index (χ3n) is 4.20. The Morgan fingerprint density at radius 1 is 0.963 bits per heavy atom. The second-order valence-corrected chi connectivity index (χ2v) is 6.09. The number of hydrogen-bond donors (Lipinski definition) is 2. The van der Waals surface area contributed by atoms with E-state index in [0.717, 1.165) is 21.5 Å². The van der Waals surface area contributed by atoms with Crippen LogP contribution in [0.5, 0.6) is 0 Å². The van der Waals surface area contributed by atoms with E-state index in [1.165, 1.54) is 6.92 Å². The molecule has 0 aromatic heterocycles. The number of benzene rings is 3. The molecule has 0 spiro atoms. The quantitative estimate of drug-likeness (QED) is 0.549. The molecule has 3 aromatic carbocycles. The molecule has 3 rings (SSSR count). The number of carbonyl (C=O) groups excluding carboxylic acids is 3. The lowest BCUT2D eigenvalue weighted by Crippen LogP contribution is -2.44. The molecule has 6 nitrogen and oxygen atoms in total. The van der Waals surface area contributed by atoms with E-state index >= 15 is 0 Å². The minimum Gasteiger partial charge on any atom is -0.449 e. The van der Waals surface area contributed by atoms with E-state index in [1.54, 1.807) is 6.92 Å². The molecule has 0 aliphatic rings. The van der Waals surface area contributed by atoms with Crippen molar-refractivity contribution >= 4 is 39.5 Å². The number of rotatable bonds is 4. The number of amides is 3. The van der Waals surface area contributed by atoms with Gasteiger partial charge in [-0.25, -0.2) is 9.59 Å². The smallest absolute Gasteiger partial charge is 0.340 e. The van der Waals surface area contributed by atoms with Crippen LogP contribution in [0.2, 0.25) is 0 Å². The van der Waals surface area contributed by atoms with E-state index in [4.69, 9.17) is 4.74 Å². The van der Waals surface area contributed by atoms with Gasteiger partial charge in [0.05, 0.1) is 5.56 Å². The fourth-order valence-corrected chi connectivity index (χ4v) is 2.92. The average Bonchev–Trinajstić information content (AvgIpc) is 2.65. The number of carbonyl (C=O) groups is 3. The molecule has 2 N–H and O–H groups in total. The number of hydrogen-bond acceptors (Lipinski definition) is 4. The summed E-state index contributed by atoms with van der Waals surface area (Å²) in [6.07, 6.45) is -1.11. The van der Waals surface area contributed by atoms with Crippen LogP contribution >= 0.6 is 0 Å². The molecule has 0 bridgehead atoms. The highest BCUT2D eigenvalue weighted by Crippen LogP contribution is 2.29. The van der Waals surface area contributed by atoms with Gasteiger partial charge in [0.15, 0.2) is 6.10 Å². The maximum Gasteiger partial charge on any atom is 0.340 e. The molecule has 138 valence electrons. The molecule has 3 aromatic rings. The van der Waals surface area contributed by atoms with Gasteiger partial charge in [0.2, 0.25) is 0 Å². The lowest BCUT2D eigenvalue weighted by Gasteiger charge is -2.15. The standard InChI is InChI=1S/C21H20N2O4/c1-3-22-21(26)23-19(24)13(2)27-20(25)18-16-10-6-4-8-14(16)12-15-9-5-7-11-17(15)18/h4-13H,3H2,1-2H3,(H2,22,23,24,26). The van der Waals surface area contributed by atoms with Gasteiger partial charge in [-0.2, -0.15) is 0 Å². The molecule has 3 amide bonds. The van der Waals surface area contributed by atoms with E-state index in [9.17, 15) is 14.4 Å². The van der Waals surface area contributed by atoms with E-state index in [-0.39, 0.29) is 0 Å². The summed E-state index contributed by atoms with van der Waals surface area (Å²) in [6, 6.07) is 16.4. The van der Waals surface area contributed by atoms with Gasteiger partial charge < -0.3 is 10.1 Å². The first-order valence-corrected chi connectivity index (χ1v) is 8.71. The summed E-state index contributed by atoms with van der Waals surface area (Å²) in [5.74, 6) is -1.29. The van der Waals surface area contributed by atoms with Crippen LogP contribution in [0.15, 0.2) is 54.6 Å². The van der Waals surface area contributed by atoms with E-state index < -0.39 is 24.0 Å². The predicted molar refractivity (Wildman–Crippen MR) is 104 cm³/mol. The van der Waals surface area contributed by atoms with Gasteiger partial charge in [-0.15, -0.1) is 0 Å². The average molecular weight is 364 g/mol. The minimum atomic E-state index is -1.11. The number of esters is 1. The van der Waals surface area contributed by atoms with E-state index in [1.807, 2.05) is 54.6 Å². The first-order valence-electron chi connectivity index (χ1n) is 8.71. The lowest BCUT2D eigenvalue weighted by molar-refractivity contribution is -0.127. The van der Waals surface area contributed by atoms with Gasteiger partial charge in [0.25, 0.3) is 5.91 Å². The Hall–Kier alpha value is -3.41. The van der Waals surface area contributed by atoms with Crippen LogP contribution in [0.1, 0.15) is 24.2 Å². The maximum atomic E-state index is 12.9. The SMILES string of the molecule is CCNC(=O)NC(=O)C(C)OC(=O)c1c2ccccc2cc2ccccc12. The van der Waals surface area contributed by atoms with Gasteiger partial charge in [-0.3, -0.25) is 10.1 Å². The normalized spacial score (nSPS) is 11.8. The molecule has 0 saturated heterocycles. The molecule has 0 aliphatic carbocycles. The molecule has 0 fully saturated rings. The Balaban J connectivity index is 1.93. The van der Waals surface area contributed by atoms with Crippen LogP contribution in [0.25, 0.3) is 21.5 Å². The fourth-order valence-electron chi connectivity index (χ4n) is 2.92. The van der Waals surface area contributed by atoms with Crippen LogP contribution in [0, 0.1) is 0 Å². The molecule has 1 atom stereocenters. The lowest BCUT2D eigenvalue weighted by atomic mass is 9.97. The summed E-state index contributed by atoms with van der Waals surface area (Å²) in [7, 11) is 0. The summed E-state index contributed by atoms with van der Waals surface area (Å²) in [4.78, 5) is 36.4. The molecule has 0 heterocycles. The van der Waals surface area contributed by atoms with Gasteiger partial charge in [0, 0.05) is 6.54 Å². The number of fused-ring (bicyclic) bond motifs is 2. The second kappa shape index (κ2) is 7.86. The van der Waals surface area contributed by atoms with Crippen molar-refractivity contribution in [2.24, 2.45) is 0 Å². The molecule has 0 aliphatic heterocycles. The predicted octanol–water partition coefficient (Wildman–Crippen LogP) is 3.38. The number of urea groups is 1. The van der Waals surface area contributed by atoms with Crippen molar-refractivity contribution in [2.45, 2.75) is 20.0 Å². The monoisotopic (exact) mass is 364 g/mol. The van der Waals surface area contributed by atoms with Crippen LogP contribution < -0.4 is 10.6 Å². The Morgan fingerprint density at radius 3 is 2.07 bits per heavy atom. The molecule has 0 saturated carbocycles. The summed E-state index contributed by atoms with van der Waals surface area (Å²) in [5.41, 5.74) is 0.404. The first-order chi connectivity index (χ1) is 13.0. The van der Waals surface area contributed by atoms with Crippen molar-refractivity contribution in [3.8, 4) is 0 Å². The minimum absolute atomic E-state index is 0.384. The second-order valence-electron chi connectivity index (χ2n) is 6.09. The van der Waals surface area contributed by atoms with Crippen LogP contribution in [-0.4, -0.2) is 30.6 Å². The maximum absolute atomic E-state index is 12.9. The zero-order valence-corrected chi connectivity index (χ0v) is 15.1. The van der Waals surface area contributed by atoms with Crippen molar-refractivity contribution in [3.63, 3.8) is 0 Å². The third-order valence-corrected chi connectivity index (χ3v) is 4.20. The zero-order chi connectivity index (χ0) is 19.4. The molecule has 1 unspecified atom stereocenters. The molecular weight excluding hydrogens is 344 g/mol. The highest BCUT2D eigenvalue weighted by Gasteiger charge is 2.23. The molecular formula is C21H20N2O4. The number of imide groups is 1. The fraction of sp³-hybridized carbons (Fsp3) is 0.190. The summed E-state index contributed by atoms with van der Waals surface area (Å²) in [5, 5.41) is 7.90. The van der Waals surface area contributed by atoms with E-state index in [2.05, 4.69) is 10.6 Å². The van der Waals surface area contributed by atoms with Crippen molar-refractivity contribution < 1.29 is 19.1 Å². The van der Waals surface area contributed by atoms with Crippen molar-refractivity contribution in [3.05, 3.63) is 60.2 Å². The topological polar surface area (TPSA) is 84.5 Å². The summed E-state index contributed by atoms with van der Waals surface area (Å²) in [6.45, 7) is 3.55. The molecule has 6 heteroatoms. The highest BCUT2D eigenvalue weighted by molar-refractivity contribution is 6.17. The largest absolute Gasteiger partial charge is 0.449 e. The Bertz CT molecular complexity index is 975. The number of ether oxygens (including phenoxy) is 1.